The first kappa shape index (κ1) is 16.9. The Balaban J connectivity index is 1.52. The Morgan fingerprint density at radius 3 is 2.80 bits per heavy atom. The fraction of sp³-hybridized carbons (Fsp3) is 0.412. The number of nitrogens with zero attached hydrogens (tertiary/aromatic N) is 2. The van der Waals surface area contributed by atoms with Crippen LogP contribution >= 0.6 is 0 Å². The van der Waals surface area contributed by atoms with E-state index in [1.807, 2.05) is 25.1 Å². The third-order valence-electron chi connectivity index (χ3n) is 4.59. The van der Waals surface area contributed by atoms with Gasteiger partial charge in [-0.15, -0.1) is 0 Å². The lowest BCUT2D eigenvalue weighted by atomic mass is 9.99. The van der Waals surface area contributed by atoms with E-state index in [2.05, 4.69) is 15.5 Å². The predicted octanol–water partition coefficient (Wildman–Crippen LogP) is 0.862. The van der Waals surface area contributed by atoms with E-state index < -0.39 is 11.9 Å². The summed E-state index contributed by atoms with van der Waals surface area (Å²) in [6.07, 6.45) is 0.132. The van der Waals surface area contributed by atoms with Crippen molar-refractivity contribution in [2.75, 3.05) is 19.6 Å². The number of hydrogen-bond donors (Lipinski definition) is 3. The molecule has 25 heavy (non-hydrogen) atoms. The number of carboxylic acid groups (broad SMARTS) is 1. The van der Waals surface area contributed by atoms with E-state index in [9.17, 15) is 14.4 Å². The summed E-state index contributed by atoms with van der Waals surface area (Å²) in [6, 6.07) is 7.31. The van der Waals surface area contributed by atoms with Crippen molar-refractivity contribution in [3.05, 3.63) is 30.0 Å². The van der Waals surface area contributed by atoms with E-state index in [0.29, 0.717) is 12.2 Å². The zero-order valence-corrected chi connectivity index (χ0v) is 13.9. The van der Waals surface area contributed by atoms with E-state index in [-0.39, 0.29) is 37.2 Å². The van der Waals surface area contributed by atoms with Gasteiger partial charge in [0.2, 0.25) is 5.91 Å². The molecule has 1 aliphatic heterocycles. The molecule has 8 nitrogen and oxygen atoms in total. The Bertz CT molecular complexity index is 816. The van der Waals surface area contributed by atoms with Gasteiger partial charge in [-0.25, -0.2) is 0 Å². The van der Waals surface area contributed by atoms with Gasteiger partial charge >= 0.3 is 5.97 Å². The van der Waals surface area contributed by atoms with Crippen LogP contribution in [0, 0.1) is 11.8 Å². The van der Waals surface area contributed by atoms with Crippen LogP contribution in [-0.2, 0) is 9.59 Å². The van der Waals surface area contributed by atoms with Gasteiger partial charge in [0.05, 0.1) is 11.4 Å². The highest BCUT2D eigenvalue weighted by atomic mass is 16.4. The number of amides is 2. The molecule has 0 aliphatic carbocycles. The van der Waals surface area contributed by atoms with Gasteiger partial charge in [0.1, 0.15) is 0 Å². The maximum absolute atomic E-state index is 12.2. The summed E-state index contributed by atoms with van der Waals surface area (Å²) in [5.41, 5.74) is 1.07. The van der Waals surface area contributed by atoms with Gasteiger partial charge in [0.25, 0.3) is 5.91 Å². The SMILES string of the molecule is C[C@@H]1CN(C(=O)CCNC(=O)c2n[nH]c3ccccc23)C[C@H]1C(=O)O. The number of H-pyrrole nitrogens is 1. The quantitative estimate of drug-likeness (QED) is 0.744. The number of aromatic nitrogens is 2. The number of carbonyl (C=O) groups excluding carboxylic acids is 2. The number of carboxylic acids is 1. The summed E-state index contributed by atoms with van der Waals surface area (Å²) in [4.78, 5) is 37.1. The second-order valence-corrected chi connectivity index (χ2v) is 6.34. The maximum atomic E-state index is 12.2. The molecule has 2 amide bonds. The third kappa shape index (κ3) is 3.47. The zero-order valence-electron chi connectivity index (χ0n) is 13.9. The molecule has 132 valence electrons. The predicted molar refractivity (Wildman–Crippen MR) is 89.9 cm³/mol. The molecular formula is C17H20N4O4. The van der Waals surface area contributed by atoms with Crippen LogP contribution in [0.25, 0.3) is 10.9 Å². The molecule has 8 heteroatoms. The highest BCUT2D eigenvalue weighted by Gasteiger charge is 2.36. The highest BCUT2D eigenvalue weighted by molar-refractivity contribution is 6.04. The van der Waals surface area contributed by atoms with Crippen LogP contribution < -0.4 is 5.32 Å². The molecule has 1 saturated heterocycles. The second-order valence-electron chi connectivity index (χ2n) is 6.34. The number of benzene rings is 1. The summed E-state index contributed by atoms with van der Waals surface area (Å²) in [5.74, 6) is -1.95. The average Bonchev–Trinajstić information content (AvgIpc) is 3.18. The van der Waals surface area contributed by atoms with Crippen molar-refractivity contribution in [3.63, 3.8) is 0 Å². The van der Waals surface area contributed by atoms with Gasteiger partial charge in [0.15, 0.2) is 5.69 Å². The van der Waals surface area contributed by atoms with Gasteiger partial charge in [-0.2, -0.15) is 5.10 Å². The Kier molecular flexibility index (Phi) is 4.69. The van der Waals surface area contributed by atoms with E-state index in [1.54, 1.807) is 11.0 Å². The van der Waals surface area contributed by atoms with Crippen LogP contribution in [-0.4, -0.2) is 57.6 Å². The van der Waals surface area contributed by atoms with Gasteiger partial charge in [-0.3, -0.25) is 19.5 Å². The molecule has 1 aromatic carbocycles. The van der Waals surface area contributed by atoms with Crippen molar-refractivity contribution >= 4 is 28.7 Å². The summed E-state index contributed by atoms with van der Waals surface area (Å²) in [6.45, 7) is 2.68. The molecular weight excluding hydrogens is 324 g/mol. The molecule has 2 aromatic rings. The lowest BCUT2D eigenvalue weighted by Gasteiger charge is -2.15. The molecule has 0 radical (unpaired) electrons. The Morgan fingerprint density at radius 2 is 2.08 bits per heavy atom. The molecule has 2 atom stereocenters. The Hall–Kier alpha value is -2.90. The van der Waals surface area contributed by atoms with Crippen molar-refractivity contribution < 1.29 is 19.5 Å². The van der Waals surface area contributed by atoms with Gasteiger partial charge in [0, 0.05) is 31.4 Å². The largest absolute Gasteiger partial charge is 0.481 e. The zero-order chi connectivity index (χ0) is 18.0. The van der Waals surface area contributed by atoms with Crippen molar-refractivity contribution in [1.82, 2.24) is 20.4 Å². The fourth-order valence-corrected chi connectivity index (χ4v) is 3.15. The Morgan fingerprint density at radius 1 is 1.32 bits per heavy atom. The smallest absolute Gasteiger partial charge is 0.308 e. The topological polar surface area (TPSA) is 115 Å². The minimum absolute atomic E-state index is 0.0635. The van der Waals surface area contributed by atoms with E-state index in [1.165, 1.54) is 0 Å². The lowest BCUT2D eigenvalue weighted by Crippen LogP contribution is -2.34. The fourth-order valence-electron chi connectivity index (χ4n) is 3.15. The van der Waals surface area contributed by atoms with Crippen LogP contribution in [0.5, 0.6) is 0 Å². The number of fused-ring (bicyclic) bond motifs is 1. The summed E-state index contributed by atoms with van der Waals surface area (Å²) >= 11 is 0. The number of aliphatic carboxylic acids is 1. The van der Waals surface area contributed by atoms with E-state index >= 15 is 0 Å². The first-order valence-electron chi connectivity index (χ1n) is 8.19. The van der Waals surface area contributed by atoms with Crippen molar-refractivity contribution in [1.29, 1.82) is 0 Å². The molecule has 3 N–H and O–H groups in total. The van der Waals surface area contributed by atoms with E-state index in [4.69, 9.17) is 5.11 Å². The summed E-state index contributed by atoms with van der Waals surface area (Å²) in [7, 11) is 0. The maximum Gasteiger partial charge on any atom is 0.308 e. The van der Waals surface area contributed by atoms with Crippen LogP contribution in [0.1, 0.15) is 23.8 Å². The molecule has 1 aliphatic rings. The monoisotopic (exact) mass is 344 g/mol. The highest BCUT2D eigenvalue weighted by Crippen LogP contribution is 2.23. The standard InChI is InChI=1S/C17H20N4O4/c1-10-8-21(9-12(10)17(24)25)14(22)6-7-18-16(23)15-11-4-2-3-5-13(11)19-20-15/h2-5,10,12H,6-9H2,1H3,(H,18,23)(H,19,20)(H,24,25)/t10-,12-/m1/s1. The third-order valence-corrected chi connectivity index (χ3v) is 4.59. The summed E-state index contributed by atoms with van der Waals surface area (Å²) < 4.78 is 0. The molecule has 1 aromatic heterocycles. The molecule has 0 unspecified atom stereocenters. The first-order valence-corrected chi connectivity index (χ1v) is 8.19. The minimum atomic E-state index is -0.874. The van der Waals surface area contributed by atoms with Gasteiger partial charge < -0.3 is 15.3 Å². The number of rotatable bonds is 5. The van der Waals surface area contributed by atoms with Crippen LogP contribution in [0.15, 0.2) is 24.3 Å². The van der Waals surface area contributed by atoms with Crippen LogP contribution in [0.3, 0.4) is 0 Å². The van der Waals surface area contributed by atoms with Crippen molar-refractivity contribution in [2.45, 2.75) is 13.3 Å². The van der Waals surface area contributed by atoms with Crippen molar-refractivity contribution in [3.8, 4) is 0 Å². The normalized spacial score (nSPS) is 20.0. The molecule has 0 saturated carbocycles. The van der Waals surface area contributed by atoms with Crippen LogP contribution in [0.2, 0.25) is 0 Å². The second kappa shape index (κ2) is 6.92. The van der Waals surface area contributed by atoms with Crippen LogP contribution in [0.4, 0.5) is 0 Å². The molecule has 1 fully saturated rings. The molecule has 3 rings (SSSR count). The lowest BCUT2D eigenvalue weighted by molar-refractivity contribution is -0.142. The molecule has 2 heterocycles. The number of likely N-dealkylation sites (tertiary alicyclic amines) is 1. The number of nitrogens with one attached hydrogen (secondary N) is 2. The average molecular weight is 344 g/mol. The number of carbonyl (C=O) groups is 3. The number of aromatic amines is 1. The first-order chi connectivity index (χ1) is 12.0. The molecule has 0 bridgehead atoms. The Labute approximate surface area is 144 Å². The van der Waals surface area contributed by atoms with Crippen molar-refractivity contribution in [2.24, 2.45) is 11.8 Å². The van der Waals surface area contributed by atoms with E-state index in [0.717, 1.165) is 10.9 Å². The van der Waals surface area contributed by atoms with Gasteiger partial charge in [-0.1, -0.05) is 25.1 Å². The minimum Gasteiger partial charge on any atom is -0.481 e. The van der Waals surface area contributed by atoms with Gasteiger partial charge in [-0.05, 0) is 12.0 Å². The molecule has 0 spiro atoms. The summed E-state index contributed by atoms with van der Waals surface area (Å²) in [5, 5.41) is 19.3. The number of para-hydroxylation sites is 1. The number of hydrogen-bond acceptors (Lipinski definition) is 4.